The van der Waals surface area contributed by atoms with Gasteiger partial charge in [-0.3, -0.25) is 0 Å². The highest BCUT2D eigenvalue weighted by Gasteiger charge is 2.14. The van der Waals surface area contributed by atoms with Crippen LogP contribution >= 0.6 is 0 Å². The molecular weight excluding hydrogens is 224 g/mol. The number of hydrogen-bond donors (Lipinski definition) is 1. The van der Waals surface area contributed by atoms with Crippen molar-refractivity contribution in [3.05, 3.63) is 23.0 Å². The molecule has 0 aliphatic heterocycles. The van der Waals surface area contributed by atoms with Crippen LogP contribution in [0.1, 0.15) is 37.7 Å². The molecule has 3 heteroatoms. The maximum atomic E-state index is 5.54. The summed E-state index contributed by atoms with van der Waals surface area (Å²) in [6.07, 6.45) is 0. The van der Waals surface area contributed by atoms with E-state index in [-0.39, 0.29) is 0 Å². The fourth-order valence-corrected chi connectivity index (χ4v) is 2.09. The minimum absolute atomic E-state index is 0.421. The maximum Gasteiger partial charge on any atom is 0.0622 e. The van der Waals surface area contributed by atoms with Gasteiger partial charge in [0.15, 0.2) is 0 Å². The molecule has 0 aromatic carbocycles. The van der Waals surface area contributed by atoms with E-state index in [4.69, 9.17) is 4.74 Å². The largest absolute Gasteiger partial charge is 0.380 e. The predicted molar refractivity (Wildman–Crippen MR) is 76.8 cm³/mol. The molecule has 0 saturated carbocycles. The molecule has 0 radical (unpaired) electrons. The third kappa shape index (κ3) is 3.85. The lowest BCUT2D eigenvalue weighted by molar-refractivity contribution is 0.108. The summed E-state index contributed by atoms with van der Waals surface area (Å²) in [5, 5.41) is 3.61. The first-order chi connectivity index (χ1) is 8.47. The summed E-state index contributed by atoms with van der Waals surface area (Å²) in [4.78, 5) is 0. The molecule has 0 saturated heterocycles. The number of rotatable bonds is 7. The van der Waals surface area contributed by atoms with Gasteiger partial charge in [0.25, 0.3) is 0 Å². The van der Waals surface area contributed by atoms with Crippen molar-refractivity contribution in [1.29, 1.82) is 0 Å². The molecule has 1 N–H and O–H groups in total. The van der Waals surface area contributed by atoms with E-state index in [1.54, 1.807) is 0 Å². The molecule has 0 spiro atoms. The number of hydrogen-bond acceptors (Lipinski definition) is 2. The molecule has 0 bridgehead atoms. The first kappa shape index (κ1) is 15.3. The standard InChI is InChI=1S/C15H28N2O/c1-7-18-10-15(11(2)3)16-9-14-8-12(4)17(6)13(14)5/h8,11,15-16H,7,9-10H2,1-6H3. The van der Waals surface area contributed by atoms with Crippen LogP contribution in [0, 0.1) is 19.8 Å². The molecule has 1 heterocycles. The van der Waals surface area contributed by atoms with Crippen molar-refractivity contribution in [1.82, 2.24) is 9.88 Å². The average Bonchev–Trinajstić information content (AvgIpc) is 2.56. The van der Waals surface area contributed by atoms with E-state index in [0.29, 0.717) is 12.0 Å². The molecule has 0 aliphatic carbocycles. The second-order valence-electron chi connectivity index (χ2n) is 5.35. The highest BCUT2D eigenvalue weighted by atomic mass is 16.5. The number of ether oxygens (including phenoxy) is 1. The first-order valence-corrected chi connectivity index (χ1v) is 6.90. The average molecular weight is 252 g/mol. The van der Waals surface area contributed by atoms with Gasteiger partial charge < -0.3 is 14.6 Å². The molecule has 0 fully saturated rings. The highest BCUT2D eigenvalue weighted by Crippen LogP contribution is 2.14. The lowest BCUT2D eigenvalue weighted by atomic mass is 10.0. The van der Waals surface area contributed by atoms with E-state index < -0.39 is 0 Å². The summed E-state index contributed by atoms with van der Waals surface area (Å²) in [6, 6.07) is 2.69. The summed E-state index contributed by atoms with van der Waals surface area (Å²) < 4.78 is 7.78. The number of nitrogens with zero attached hydrogens (tertiary/aromatic N) is 1. The third-order valence-corrected chi connectivity index (χ3v) is 3.74. The van der Waals surface area contributed by atoms with Gasteiger partial charge in [-0.15, -0.1) is 0 Å². The zero-order valence-corrected chi connectivity index (χ0v) is 12.7. The van der Waals surface area contributed by atoms with Gasteiger partial charge in [-0.05, 0) is 38.3 Å². The molecule has 104 valence electrons. The molecule has 0 amide bonds. The van der Waals surface area contributed by atoms with E-state index in [2.05, 4.69) is 50.7 Å². The fraction of sp³-hybridized carbons (Fsp3) is 0.733. The lowest BCUT2D eigenvalue weighted by Gasteiger charge is -2.22. The summed E-state index contributed by atoms with van der Waals surface area (Å²) in [5.41, 5.74) is 4.05. The molecule has 1 atom stereocenters. The van der Waals surface area contributed by atoms with Gasteiger partial charge in [-0.25, -0.2) is 0 Å². The van der Waals surface area contributed by atoms with E-state index in [1.165, 1.54) is 17.0 Å². The van der Waals surface area contributed by atoms with Crippen molar-refractivity contribution >= 4 is 0 Å². The molecular formula is C15H28N2O. The Morgan fingerprint density at radius 1 is 1.33 bits per heavy atom. The Labute approximate surface area is 112 Å². The zero-order chi connectivity index (χ0) is 13.7. The lowest BCUT2D eigenvalue weighted by Crippen LogP contribution is -2.37. The predicted octanol–water partition coefficient (Wildman–Crippen LogP) is 2.79. The second-order valence-corrected chi connectivity index (χ2v) is 5.35. The Morgan fingerprint density at radius 3 is 2.44 bits per heavy atom. The van der Waals surface area contributed by atoms with Gasteiger partial charge in [0.2, 0.25) is 0 Å². The SMILES string of the molecule is CCOCC(NCc1cc(C)n(C)c1C)C(C)C. The Morgan fingerprint density at radius 2 is 2.00 bits per heavy atom. The van der Waals surface area contributed by atoms with Gasteiger partial charge in [0.05, 0.1) is 6.61 Å². The Balaban J connectivity index is 2.58. The Kier molecular flexibility index (Phi) is 5.89. The Hall–Kier alpha value is -0.800. The minimum atomic E-state index is 0.421. The normalized spacial score (nSPS) is 13.3. The summed E-state index contributed by atoms with van der Waals surface area (Å²) in [7, 11) is 2.12. The van der Waals surface area contributed by atoms with Crippen LogP contribution in [0.25, 0.3) is 0 Å². The topological polar surface area (TPSA) is 26.2 Å². The number of nitrogens with one attached hydrogen (secondary N) is 1. The Bertz CT molecular complexity index is 369. The van der Waals surface area contributed by atoms with Crippen LogP contribution in [-0.4, -0.2) is 23.8 Å². The summed E-state index contributed by atoms with van der Waals surface area (Å²) >= 11 is 0. The van der Waals surface area contributed by atoms with Gasteiger partial charge in [-0.2, -0.15) is 0 Å². The van der Waals surface area contributed by atoms with Crippen LogP contribution in [0.5, 0.6) is 0 Å². The number of aryl methyl sites for hydroxylation is 1. The van der Waals surface area contributed by atoms with Crippen LogP contribution in [-0.2, 0) is 18.3 Å². The van der Waals surface area contributed by atoms with Crippen molar-refractivity contribution in [2.75, 3.05) is 13.2 Å². The quantitative estimate of drug-likeness (QED) is 0.807. The molecule has 1 rings (SSSR count). The van der Waals surface area contributed by atoms with Gasteiger partial charge >= 0.3 is 0 Å². The van der Waals surface area contributed by atoms with E-state index >= 15 is 0 Å². The van der Waals surface area contributed by atoms with Gasteiger partial charge in [0.1, 0.15) is 0 Å². The molecule has 1 aromatic rings. The minimum Gasteiger partial charge on any atom is -0.380 e. The first-order valence-electron chi connectivity index (χ1n) is 6.90. The van der Waals surface area contributed by atoms with Crippen LogP contribution in [0.4, 0.5) is 0 Å². The summed E-state index contributed by atoms with van der Waals surface area (Å²) in [6.45, 7) is 13.3. The molecule has 18 heavy (non-hydrogen) atoms. The fourth-order valence-electron chi connectivity index (χ4n) is 2.09. The summed E-state index contributed by atoms with van der Waals surface area (Å²) in [5.74, 6) is 0.585. The smallest absolute Gasteiger partial charge is 0.0622 e. The third-order valence-electron chi connectivity index (χ3n) is 3.74. The second kappa shape index (κ2) is 6.95. The highest BCUT2D eigenvalue weighted by molar-refractivity contribution is 5.26. The van der Waals surface area contributed by atoms with E-state index in [9.17, 15) is 0 Å². The van der Waals surface area contributed by atoms with Crippen LogP contribution in [0.15, 0.2) is 6.07 Å². The van der Waals surface area contributed by atoms with Crippen molar-refractivity contribution in [2.24, 2.45) is 13.0 Å². The number of aromatic nitrogens is 1. The van der Waals surface area contributed by atoms with Crippen LogP contribution < -0.4 is 5.32 Å². The van der Waals surface area contributed by atoms with Crippen LogP contribution in [0.2, 0.25) is 0 Å². The van der Waals surface area contributed by atoms with Crippen molar-refractivity contribution < 1.29 is 4.74 Å². The monoisotopic (exact) mass is 252 g/mol. The van der Waals surface area contributed by atoms with E-state index in [0.717, 1.165) is 19.8 Å². The molecule has 1 aromatic heterocycles. The zero-order valence-electron chi connectivity index (χ0n) is 12.7. The van der Waals surface area contributed by atoms with Gasteiger partial charge in [0, 0.05) is 37.6 Å². The van der Waals surface area contributed by atoms with Crippen molar-refractivity contribution in [2.45, 2.75) is 47.2 Å². The molecule has 1 unspecified atom stereocenters. The van der Waals surface area contributed by atoms with Crippen molar-refractivity contribution in [3.63, 3.8) is 0 Å². The van der Waals surface area contributed by atoms with E-state index in [1.807, 2.05) is 6.92 Å². The van der Waals surface area contributed by atoms with Crippen LogP contribution in [0.3, 0.4) is 0 Å². The molecule has 0 aliphatic rings. The molecule has 3 nitrogen and oxygen atoms in total. The maximum absolute atomic E-state index is 5.54. The van der Waals surface area contributed by atoms with Gasteiger partial charge in [-0.1, -0.05) is 13.8 Å². The van der Waals surface area contributed by atoms with Crippen molar-refractivity contribution in [3.8, 4) is 0 Å².